The average molecular weight is 360 g/mol. The van der Waals surface area contributed by atoms with Gasteiger partial charge in [0.05, 0.1) is 5.54 Å². The van der Waals surface area contributed by atoms with Crippen LogP contribution in [0.2, 0.25) is 0 Å². The number of carbonyl (C=O) groups excluding carboxylic acids is 1. The predicted octanol–water partition coefficient (Wildman–Crippen LogP) is 3.26. The van der Waals surface area contributed by atoms with E-state index in [4.69, 9.17) is 0 Å². The highest BCUT2D eigenvalue weighted by molar-refractivity contribution is 7.09. The largest absolute Gasteiger partial charge is 0.341 e. The third kappa shape index (κ3) is 3.79. The van der Waals surface area contributed by atoms with Crippen LogP contribution in [0, 0.1) is 0 Å². The topological polar surface area (TPSA) is 54.0 Å². The summed E-state index contributed by atoms with van der Waals surface area (Å²) in [7, 11) is 0. The fourth-order valence-corrected chi connectivity index (χ4v) is 3.10. The van der Waals surface area contributed by atoms with E-state index >= 15 is 0 Å². The van der Waals surface area contributed by atoms with Crippen molar-refractivity contribution in [3.63, 3.8) is 0 Å². The van der Waals surface area contributed by atoms with Crippen LogP contribution in [0.4, 0.5) is 0 Å². The Kier molecular flexibility index (Phi) is 6.38. The van der Waals surface area contributed by atoms with E-state index in [1.165, 1.54) is 11.1 Å². The molecule has 1 aromatic carbocycles. The number of carbonyl (C=O) groups is 1. The van der Waals surface area contributed by atoms with Gasteiger partial charge in [-0.25, -0.2) is 4.98 Å². The molecule has 0 saturated heterocycles. The molecular formula is C15H19Cl2N3OS. The minimum Gasteiger partial charge on any atom is -0.341 e. The molecule has 0 spiro atoms. The van der Waals surface area contributed by atoms with Crippen LogP contribution in [-0.4, -0.2) is 10.9 Å². The van der Waals surface area contributed by atoms with Crippen molar-refractivity contribution in [2.45, 2.75) is 32.5 Å². The van der Waals surface area contributed by atoms with Crippen molar-refractivity contribution >= 4 is 42.1 Å². The van der Waals surface area contributed by atoms with Gasteiger partial charge in [0.15, 0.2) is 0 Å². The highest BCUT2D eigenvalue weighted by atomic mass is 35.5. The Morgan fingerprint density at radius 1 is 1.27 bits per heavy atom. The summed E-state index contributed by atoms with van der Waals surface area (Å²) in [6, 6.07) is 5.89. The number of nitrogens with one attached hydrogen (secondary N) is 2. The standard InChI is InChI=1S/C15H17N3OS.2ClH/c1-15(2,14-17-5-6-20-14)18-13(19)10-3-4-11-8-16-9-12(11)7-10;;/h3-7,16H,8-9H2,1-2H3,(H,18,19);2*1H. The molecule has 2 aromatic rings. The van der Waals surface area contributed by atoms with Crippen molar-refractivity contribution in [1.82, 2.24) is 15.6 Å². The minimum atomic E-state index is -0.456. The molecule has 22 heavy (non-hydrogen) atoms. The maximum absolute atomic E-state index is 12.4. The Hall–Kier alpha value is -1.14. The molecule has 0 atom stereocenters. The van der Waals surface area contributed by atoms with E-state index in [0.717, 1.165) is 18.1 Å². The summed E-state index contributed by atoms with van der Waals surface area (Å²) in [5.41, 5.74) is 2.74. The average Bonchev–Trinajstić information content (AvgIpc) is 3.09. The molecule has 1 amide bonds. The number of hydrogen-bond donors (Lipinski definition) is 2. The van der Waals surface area contributed by atoms with Crippen LogP contribution in [0.15, 0.2) is 29.8 Å². The molecule has 1 aliphatic heterocycles. The molecule has 0 unspecified atom stereocenters. The maximum Gasteiger partial charge on any atom is 0.252 e. The summed E-state index contributed by atoms with van der Waals surface area (Å²) in [6.07, 6.45) is 1.76. The van der Waals surface area contributed by atoms with Crippen LogP contribution in [0.1, 0.15) is 40.3 Å². The third-order valence-electron chi connectivity index (χ3n) is 3.49. The van der Waals surface area contributed by atoms with Gasteiger partial charge in [0.1, 0.15) is 5.01 Å². The van der Waals surface area contributed by atoms with Gasteiger partial charge in [0.25, 0.3) is 5.91 Å². The van der Waals surface area contributed by atoms with E-state index in [-0.39, 0.29) is 30.7 Å². The molecular weight excluding hydrogens is 341 g/mol. The van der Waals surface area contributed by atoms with Crippen molar-refractivity contribution in [2.75, 3.05) is 0 Å². The van der Waals surface area contributed by atoms with Crippen molar-refractivity contribution in [3.05, 3.63) is 51.5 Å². The second kappa shape index (κ2) is 7.42. The van der Waals surface area contributed by atoms with Gasteiger partial charge >= 0.3 is 0 Å². The number of amides is 1. The third-order valence-corrected chi connectivity index (χ3v) is 4.59. The molecule has 1 aromatic heterocycles. The van der Waals surface area contributed by atoms with Crippen LogP contribution in [-0.2, 0) is 18.6 Å². The van der Waals surface area contributed by atoms with Gasteiger partial charge in [-0.05, 0) is 37.1 Å². The number of halogens is 2. The molecule has 0 saturated carbocycles. The molecule has 2 heterocycles. The molecule has 1 aliphatic rings. The zero-order valence-electron chi connectivity index (χ0n) is 12.4. The molecule has 0 aliphatic carbocycles. The lowest BCUT2D eigenvalue weighted by molar-refractivity contribution is 0.0912. The fraction of sp³-hybridized carbons (Fsp3) is 0.333. The summed E-state index contributed by atoms with van der Waals surface area (Å²) in [5, 5.41) is 9.17. The number of fused-ring (bicyclic) bond motifs is 1. The Morgan fingerprint density at radius 3 is 2.68 bits per heavy atom. The van der Waals surface area contributed by atoms with E-state index in [1.54, 1.807) is 17.5 Å². The fourth-order valence-electron chi connectivity index (χ4n) is 2.38. The normalized spacial score (nSPS) is 12.8. The molecule has 7 heteroatoms. The van der Waals surface area contributed by atoms with E-state index in [2.05, 4.69) is 15.6 Å². The van der Waals surface area contributed by atoms with Crippen LogP contribution in [0.5, 0.6) is 0 Å². The number of aromatic nitrogens is 1. The highest BCUT2D eigenvalue weighted by Crippen LogP contribution is 2.23. The van der Waals surface area contributed by atoms with Crippen LogP contribution < -0.4 is 10.6 Å². The monoisotopic (exact) mass is 359 g/mol. The van der Waals surface area contributed by atoms with E-state index in [0.29, 0.717) is 5.56 Å². The van der Waals surface area contributed by atoms with Gasteiger partial charge in [-0.3, -0.25) is 4.79 Å². The lowest BCUT2D eigenvalue weighted by Gasteiger charge is -2.24. The van der Waals surface area contributed by atoms with Gasteiger partial charge in [-0.15, -0.1) is 36.2 Å². The van der Waals surface area contributed by atoms with Gasteiger partial charge in [0.2, 0.25) is 0 Å². The Bertz CT molecular complexity index is 644. The van der Waals surface area contributed by atoms with Gasteiger partial charge in [-0.2, -0.15) is 0 Å². The number of thiazole rings is 1. The zero-order valence-corrected chi connectivity index (χ0v) is 14.8. The summed E-state index contributed by atoms with van der Waals surface area (Å²) in [5.74, 6) is -0.0556. The van der Waals surface area contributed by atoms with E-state index in [9.17, 15) is 4.79 Å². The minimum absolute atomic E-state index is 0. The van der Waals surface area contributed by atoms with Crippen molar-refractivity contribution < 1.29 is 4.79 Å². The van der Waals surface area contributed by atoms with Crippen molar-refractivity contribution in [1.29, 1.82) is 0 Å². The van der Waals surface area contributed by atoms with Gasteiger partial charge < -0.3 is 10.6 Å². The molecule has 3 rings (SSSR count). The van der Waals surface area contributed by atoms with Crippen LogP contribution in [0.3, 0.4) is 0 Å². The lowest BCUT2D eigenvalue weighted by Crippen LogP contribution is -2.40. The van der Waals surface area contributed by atoms with Crippen LogP contribution in [0.25, 0.3) is 0 Å². The first kappa shape index (κ1) is 18.9. The Labute approximate surface area is 146 Å². The second-order valence-electron chi connectivity index (χ2n) is 5.50. The lowest BCUT2D eigenvalue weighted by atomic mass is 10.0. The first-order valence-electron chi connectivity index (χ1n) is 6.61. The second-order valence-corrected chi connectivity index (χ2v) is 6.40. The van der Waals surface area contributed by atoms with E-state index < -0.39 is 5.54 Å². The Balaban J connectivity index is 0.00000121. The number of nitrogens with zero attached hydrogens (tertiary/aromatic N) is 1. The maximum atomic E-state index is 12.4. The Morgan fingerprint density at radius 2 is 2.00 bits per heavy atom. The summed E-state index contributed by atoms with van der Waals surface area (Å²) < 4.78 is 0. The predicted molar refractivity (Wildman–Crippen MR) is 94.1 cm³/mol. The smallest absolute Gasteiger partial charge is 0.252 e. The molecule has 120 valence electrons. The SMILES string of the molecule is CC(C)(NC(=O)c1ccc2c(c1)CNC2)c1nccs1.Cl.Cl. The number of benzene rings is 1. The highest BCUT2D eigenvalue weighted by Gasteiger charge is 2.26. The first-order chi connectivity index (χ1) is 9.56. The molecule has 4 nitrogen and oxygen atoms in total. The quantitative estimate of drug-likeness (QED) is 0.884. The molecule has 0 fully saturated rings. The van der Waals surface area contributed by atoms with Crippen LogP contribution >= 0.6 is 36.2 Å². The van der Waals surface area contributed by atoms with E-state index in [1.807, 2.05) is 37.4 Å². The molecule has 2 N–H and O–H groups in total. The zero-order chi connectivity index (χ0) is 14.2. The number of rotatable bonds is 3. The first-order valence-corrected chi connectivity index (χ1v) is 7.49. The summed E-state index contributed by atoms with van der Waals surface area (Å²) >= 11 is 1.55. The van der Waals surface area contributed by atoms with Gasteiger partial charge in [-0.1, -0.05) is 6.07 Å². The number of hydrogen-bond acceptors (Lipinski definition) is 4. The molecule has 0 radical (unpaired) electrons. The molecule has 0 bridgehead atoms. The van der Waals surface area contributed by atoms with Crippen molar-refractivity contribution in [2.24, 2.45) is 0 Å². The van der Waals surface area contributed by atoms with Gasteiger partial charge in [0, 0.05) is 30.2 Å². The summed E-state index contributed by atoms with van der Waals surface area (Å²) in [6.45, 7) is 5.67. The van der Waals surface area contributed by atoms with Crippen molar-refractivity contribution in [3.8, 4) is 0 Å². The summed E-state index contributed by atoms with van der Waals surface area (Å²) in [4.78, 5) is 16.7.